The van der Waals surface area contributed by atoms with Crippen molar-refractivity contribution in [3.8, 4) is 0 Å². The average Bonchev–Trinajstić information content (AvgIpc) is 3.45. The van der Waals surface area contributed by atoms with E-state index in [1.165, 1.54) is 25.0 Å². The topological polar surface area (TPSA) is 93.0 Å². The first-order valence-corrected chi connectivity index (χ1v) is 8.68. The van der Waals surface area contributed by atoms with Crippen molar-refractivity contribution in [3.05, 3.63) is 51.7 Å². The van der Waals surface area contributed by atoms with Gasteiger partial charge in [-0.1, -0.05) is 19.1 Å². The molecule has 0 spiro atoms. The molecule has 1 atom stereocenters. The summed E-state index contributed by atoms with van der Waals surface area (Å²) < 4.78 is 0. The zero-order valence-electron chi connectivity index (χ0n) is 14.5. The van der Waals surface area contributed by atoms with Crippen LogP contribution in [0.15, 0.2) is 30.3 Å². The van der Waals surface area contributed by atoms with Gasteiger partial charge in [0.05, 0.1) is 10.6 Å². The molecule has 7 nitrogen and oxygen atoms in total. The Labute approximate surface area is 147 Å². The van der Waals surface area contributed by atoms with Gasteiger partial charge in [-0.05, 0) is 31.7 Å². The van der Waals surface area contributed by atoms with E-state index in [9.17, 15) is 10.1 Å². The van der Waals surface area contributed by atoms with Gasteiger partial charge >= 0.3 is 0 Å². The summed E-state index contributed by atoms with van der Waals surface area (Å²) in [6.07, 6.45) is 3.37. The van der Waals surface area contributed by atoms with Crippen molar-refractivity contribution in [2.24, 2.45) is 0 Å². The Balaban J connectivity index is 1.71. The predicted octanol–water partition coefficient (Wildman–Crippen LogP) is 4.08. The van der Waals surface area contributed by atoms with E-state index in [1.807, 2.05) is 6.07 Å². The molecule has 1 saturated carbocycles. The van der Waals surface area contributed by atoms with Crippen LogP contribution in [0.5, 0.6) is 0 Å². The second-order valence-electron chi connectivity index (χ2n) is 6.51. The molecule has 2 aromatic rings. The lowest BCUT2D eigenvalue weighted by molar-refractivity contribution is -0.384. The molecule has 1 aromatic carbocycles. The number of non-ortho nitro benzene ring substituents is 1. The van der Waals surface area contributed by atoms with E-state index < -0.39 is 4.92 Å². The van der Waals surface area contributed by atoms with Crippen LogP contribution in [0.4, 0.5) is 17.5 Å². The highest BCUT2D eigenvalue weighted by atomic mass is 16.6. The number of rotatable bonds is 8. The molecule has 25 heavy (non-hydrogen) atoms. The third-order valence-electron chi connectivity index (χ3n) is 4.35. The molecule has 1 aliphatic carbocycles. The van der Waals surface area contributed by atoms with E-state index in [4.69, 9.17) is 0 Å². The fourth-order valence-corrected chi connectivity index (χ4v) is 2.46. The second kappa shape index (κ2) is 7.46. The van der Waals surface area contributed by atoms with Crippen molar-refractivity contribution >= 4 is 17.5 Å². The van der Waals surface area contributed by atoms with Crippen LogP contribution in [0.3, 0.4) is 0 Å². The van der Waals surface area contributed by atoms with E-state index in [-0.39, 0.29) is 5.69 Å². The Hall–Kier alpha value is -2.70. The third kappa shape index (κ3) is 4.65. The van der Waals surface area contributed by atoms with Gasteiger partial charge in [0.1, 0.15) is 5.82 Å². The zero-order valence-corrected chi connectivity index (χ0v) is 14.5. The van der Waals surface area contributed by atoms with Crippen LogP contribution in [-0.2, 0) is 6.54 Å². The standard InChI is InChI=1S/C18H23N5O2/c1-3-12(2)20-18-21-16(14-6-7-14)10-17(22-18)19-11-13-4-8-15(9-5-13)23(24)25/h4-5,8-10,12,14H,3,6-7,11H2,1-2H3,(H2,19,20,21,22)/t12-/m0/s1. The monoisotopic (exact) mass is 341 g/mol. The van der Waals surface area contributed by atoms with Crippen LogP contribution in [0.1, 0.15) is 50.3 Å². The minimum Gasteiger partial charge on any atom is -0.366 e. The lowest BCUT2D eigenvalue weighted by Gasteiger charge is -2.14. The summed E-state index contributed by atoms with van der Waals surface area (Å²) in [7, 11) is 0. The van der Waals surface area contributed by atoms with Gasteiger partial charge in [0.25, 0.3) is 5.69 Å². The quantitative estimate of drug-likeness (QED) is 0.555. The molecule has 1 fully saturated rings. The van der Waals surface area contributed by atoms with Crippen LogP contribution in [-0.4, -0.2) is 20.9 Å². The van der Waals surface area contributed by atoms with Gasteiger partial charge in [-0.2, -0.15) is 4.98 Å². The van der Waals surface area contributed by atoms with Crippen LogP contribution < -0.4 is 10.6 Å². The number of nitro benzene ring substituents is 1. The highest BCUT2D eigenvalue weighted by molar-refractivity contribution is 5.45. The van der Waals surface area contributed by atoms with Gasteiger partial charge in [-0.15, -0.1) is 0 Å². The predicted molar refractivity (Wildman–Crippen MR) is 97.8 cm³/mol. The average molecular weight is 341 g/mol. The number of anilines is 2. The molecule has 132 valence electrons. The maximum atomic E-state index is 10.7. The Morgan fingerprint density at radius 3 is 2.60 bits per heavy atom. The first kappa shape index (κ1) is 17.1. The van der Waals surface area contributed by atoms with Gasteiger partial charge in [-0.3, -0.25) is 10.1 Å². The van der Waals surface area contributed by atoms with Gasteiger partial charge in [0.15, 0.2) is 0 Å². The highest BCUT2D eigenvalue weighted by Crippen LogP contribution is 2.40. The minimum absolute atomic E-state index is 0.0989. The molecular weight excluding hydrogens is 318 g/mol. The molecule has 0 aliphatic heterocycles. The third-order valence-corrected chi connectivity index (χ3v) is 4.35. The van der Waals surface area contributed by atoms with E-state index >= 15 is 0 Å². The molecule has 0 bridgehead atoms. The summed E-state index contributed by atoms with van der Waals surface area (Å²) in [5.74, 6) is 1.98. The van der Waals surface area contributed by atoms with Crippen molar-refractivity contribution in [1.82, 2.24) is 9.97 Å². The smallest absolute Gasteiger partial charge is 0.269 e. The summed E-state index contributed by atoms with van der Waals surface area (Å²) in [6, 6.07) is 8.87. The number of hydrogen-bond acceptors (Lipinski definition) is 6. The number of nitrogens with one attached hydrogen (secondary N) is 2. The van der Waals surface area contributed by atoms with E-state index in [2.05, 4.69) is 34.4 Å². The number of nitro groups is 1. The van der Waals surface area contributed by atoms with E-state index in [0.717, 1.165) is 23.5 Å². The normalized spacial score (nSPS) is 14.8. The molecule has 0 amide bonds. The molecule has 7 heteroatoms. The SMILES string of the molecule is CC[C@H](C)Nc1nc(NCc2ccc([N+](=O)[O-])cc2)cc(C2CC2)n1. The van der Waals surface area contributed by atoms with Crippen LogP contribution in [0.2, 0.25) is 0 Å². The molecule has 1 aliphatic rings. The van der Waals surface area contributed by atoms with Crippen LogP contribution in [0, 0.1) is 10.1 Å². The van der Waals surface area contributed by atoms with Crippen molar-refractivity contribution in [2.75, 3.05) is 10.6 Å². The number of hydrogen-bond donors (Lipinski definition) is 2. The maximum Gasteiger partial charge on any atom is 0.269 e. The van der Waals surface area contributed by atoms with Crippen molar-refractivity contribution in [1.29, 1.82) is 0 Å². The summed E-state index contributed by atoms with van der Waals surface area (Å²) in [4.78, 5) is 19.5. The van der Waals surface area contributed by atoms with Crippen molar-refractivity contribution < 1.29 is 4.92 Å². The molecule has 0 unspecified atom stereocenters. The van der Waals surface area contributed by atoms with Crippen LogP contribution >= 0.6 is 0 Å². The zero-order chi connectivity index (χ0) is 17.8. The molecular formula is C18H23N5O2. The minimum atomic E-state index is -0.392. The number of benzene rings is 1. The molecule has 1 aromatic heterocycles. The lowest BCUT2D eigenvalue weighted by atomic mass is 10.2. The van der Waals surface area contributed by atoms with Gasteiger partial charge < -0.3 is 10.6 Å². The number of nitrogens with zero attached hydrogens (tertiary/aromatic N) is 3. The Morgan fingerprint density at radius 1 is 1.28 bits per heavy atom. The molecule has 2 N–H and O–H groups in total. The van der Waals surface area contributed by atoms with Crippen molar-refractivity contribution in [3.63, 3.8) is 0 Å². The van der Waals surface area contributed by atoms with Gasteiger partial charge in [0.2, 0.25) is 5.95 Å². The fourth-order valence-electron chi connectivity index (χ4n) is 2.46. The lowest BCUT2D eigenvalue weighted by Crippen LogP contribution is -2.17. The molecule has 0 saturated heterocycles. The Kier molecular flexibility index (Phi) is 5.11. The highest BCUT2D eigenvalue weighted by Gasteiger charge is 2.26. The molecule has 3 rings (SSSR count). The first-order chi connectivity index (χ1) is 12.0. The molecule has 0 radical (unpaired) electrons. The van der Waals surface area contributed by atoms with Gasteiger partial charge in [-0.25, -0.2) is 4.98 Å². The summed E-state index contributed by atoms with van der Waals surface area (Å²) in [6.45, 7) is 4.79. The number of aromatic nitrogens is 2. The largest absolute Gasteiger partial charge is 0.366 e. The van der Waals surface area contributed by atoms with Crippen molar-refractivity contribution in [2.45, 2.75) is 51.6 Å². The Bertz CT molecular complexity index is 744. The summed E-state index contributed by atoms with van der Waals surface area (Å²) in [5.41, 5.74) is 2.14. The van der Waals surface area contributed by atoms with E-state index in [0.29, 0.717) is 24.5 Å². The van der Waals surface area contributed by atoms with E-state index in [1.54, 1.807) is 12.1 Å². The summed E-state index contributed by atoms with van der Waals surface area (Å²) in [5, 5.41) is 17.4. The molecule has 1 heterocycles. The second-order valence-corrected chi connectivity index (χ2v) is 6.51. The first-order valence-electron chi connectivity index (χ1n) is 8.68. The Morgan fingerprint density at radius 2 is 2.00 bits per heavy atom. The maximum absolute atomic E-state index is 10.7. The van der Waals surface area contributed by atoms with Crippen LogP contribution in [0.25, 0.3) is 0 Å². The van der Waals surface area contributed by atoms with Gasteiger partial charge in [0, 0.05) is 36.7 Å². The fraction of sp³-hybridized carbons (Fsp3) is 0.444. The summed E-state index contributed by atoms with van der Waals surface area (Å²) >= 11 is 0.